The molecule has 0 aromatic heterocycles. The van der Waals surface area contributed by atoms with Crippen LogP contribution in [0.4, 0.5) is 0 Å². The summed E-state index contributed by atoms with van der Waals surface area (Å²) >= 11 is 0. The number of carbonyl (C=O) groups is 2. The summed E-state index contributed by atoms with van der Waals surface area (Å²) in [6, 6.07) is 7.27. The maximum atomic E-state index is 12.0. The Balaban J connectivity index is 2.01. The van der Waals surface area contributed by atoms with Crippen molar-refractivity contribution in [2.45, 2.75) is 110 Å². The topological polar surface area (TPSA) is 52.6 Å². The van der Waals surface area contributed by atoms with Crippen molar-refractivity contribution >= 4 is 11.9 Å². The van der Waals surface area contributed by atoms with Crippen molar-refractivity contribution in [2.24, 2.45) is 0 Å². The molecule has 0 fully saturated rings. The van der Waals surface area contributed by atoms with Crippen molar-refractivity contribution in [1.82, 2.24) is 0 Å². The van der Waals surface area contributed by atoms with Crippen LogP contribution in [-0.4, -0.2) is 18.5 Å². The molecule has 0 heterocycles. The van der Waals surface area contributed by atoms with Gasteiger partial charge in [0.15, 0.2) is 0 Å². The van der Waals surface area contributed by atoms with Gasteiger partial charge in [0.05, 0.1) is 6.61 Å². The number of carbonyl (C=O) groups excluding carboxylic acids is 2. The third kappa shape index (κ3) is 12.0. The van der Waals surface area contributed by atoms with Crippen LogP contribution in [-0.2, 0) is 14.3 Å². The highest BCUT2D eigenvalue weighted by atomic mass is 16.6. The lowest BCUT2D eigenvalue weighted by Gasteiger charge is -2.12. The maximum Gasteiger partial charge on any atom is 0.422 e. The largest absolute Gasteiger partial charge is 0.457 e. The van der Waals surface area contributed by atoms with Crippen LogP contribution in [0.2, 0.25) is 0 Å². The van der Waals surface area contributed by atoms with E-state index < -0.39 is 11.9 Å². The summed E-state index contributed by atoms with van der Waals surface area (Å²) in [5.74, 6) is -1.23. The summed E-state index contributed by atoms with van der Waals surface area (Å²) in [4.78, 5) is 23.8. The molecule has 30 heavy (non-hydrogen) atoms. The van der Waals surface area contributed by atoms with E-state index in [1.165, 1.54) is 64.2 Å². The summed E-state index contributed by atoms with van der Waals surface area (Å²) in [5.41, 5.74) is 0.898. The minimum atomic E-state index is -0.946. The van der Waals surface area contributed by atoms with Crippen molar-refractivity contribution in [3.63, 3.8) is 0 Å². The highest BCUT2D eigenvalue weighted by Gasteiger charge is 2.20. The Kier molecular flexibility index (Phi) is 14.8. The molecule has 1 aromatic rings. The Hall–Kier alpha value is -1.84. The van der Waals surface area contributed by atoms with Gasteiger partial charge in [-0.25, -0.2) is 9.59 Å². The lowest BCUT2D eigenvalue weighted by Crippen LogP contribution is -2.24. The van der Waals surface area contributed by atoms with Crippen molar-refractivity contribution in [1.29, 1.82) is 0 Å². The maximum absolute atomic E-state index is 12.0. The molecule has 0 unspecified atom stereocenters. The van der Waals surface area contributed by atoms with E-state index >= 15 is 0 Å². The molecule has 0 amide bonds. The zero-order valence-electron chi connectivity index (χ0n) is 19.4. The lowest BCUT2D eigenvalue weighted by atomic mass is 10.0. The van der Waals surface area contributed by atoms with Crippen LogP contribution in [0.25, 0.3) is 0 Å². The standard InChI is InChI=1S/C26H42O4/c1-4-5-6-7-8-9-10-11-12-13-14-15-18-21-29-25(27)26(28)30-24-20-17-16-19-23(24)22(2)3/h16-17,19-20,22H,4-15,18,21H2,1-3H3. The van der Waals surface area contributed by atoms with Gasteiger partial charge in [0.1, 0.15) is 5.75 Å². The van der Waals surface area contributed by atoms with Crippen LogP contribution in [0, 0.1) is 0 Å². The number of hydrogen-bond donors (Lipinski definition) is 0. The van der Waals surface area contributed by atoms with E-state index in [0.717, 1.165) is 24.8 Å². The number of esters is 2. The molecular weight excluding hydrogens is 376 g/mol. The summed E-state index contributed by atoms with van der Waals surface area (Å²) in [5, 5.41) is 0. The molecule has 0 aliphatic heterocycles. The average molecular weight is 419 g/mol. The van der Waals surface area contributed by atoms with Crippen molar-refractivity contribution < 1.29 is 19.1 Å². The van der Waals surface area contributed by atoms with E-state index in [2.05, 4.69) is 6.92 Å². The quantitative estimate of drug-likeness (QED) is 0.122. The molecule has 4 nitrogen and oxygen atoms in total. The van der Waals surface area contributed by atoms with Gasteiger partial charge >= 0.3 is 11.9 Å². The normalized spacial score (nSPS) is 10.9. The van der Waals surface area contributed by atoms with E-state index in [1.807, 2.05) is 26.0 Å². The van der Waals surface area contributed by atoms with Crippen molar-refractivity contribution in [2.75, 3.05) is 6.61 Å². The second-order valence-electron chi connectivity index (χ2n) is 8.46. The molecule has 0 saturated carbocycles. The minimum Gasteiger partial charge on any atom is -0.457 e. The molecule has 4 heteroatoms. The van der Waals surface area contributed by atoms with Gasteiger partial charge in [-0.3, -0.25) is 0 Å². The van der Waals surface area contributed by atoms with Gasteiger partial charge in [0.25, 0.3) is 0 Å². The molecule has 0 N–H and O–H groups in total. The van der Waals surface area contributed by atoms with Crippen LogP contribution in [0.3, 0.4) is 0 Å². The molecule has 0 aliphatic rings. The van der Waals surface area contributed by atoms with Gasteiger partial charge in [-0.15, -0.1) is 0 Å². The van der Waals surface area contributed by atoms with Gasteiger partial charge < -0.3 is 9.47 Å². The minimum absolute atomic E-state index is 0.204. The molecule has 0 radical (unpaired) electrons. The first-order valence-corrected chi connectivity index (χ1v) is 12.0. The van der Waals surface area contributed by atoms with Gasteiger partial charge in [-0.05, 0) is 24.0 Å². The number of rotatable bonds is 16. The summed E-state index contributed by atoms with van der Waals surface area (Å²) in [6.07, 6.45) is 16.4. The van der Waals surface area contributed by atoms with Crippen LogP contribution in [0.5, 0.6) is 5.75 Å². The Bertz CT molecular complexity index is 594. The van der Waals surface area contributed by atoms with Gasteiger partial charge in [-0.2, -0.15) is 0 Å². The molecule has 0 bridgehead atoms. The van der Waals surface area contributed by atoms with Gasteiger partial charge in [0, 0.05) is 0 Å². The van der Waals surface area contributed by atoms with Crippen molar-refractivity contribution in [3.05, 3.63) is 29.8 Å². The van der Waals surface area contributed by atoms with Crippen molar-refractivity contribution in [3.8, 4) is 5.75 Å². The predicted octanol–water partition coefficient (Wildman–Crippen LogP) is 7.35. The van der Waals surface area contributed by atoms with Crippen LogP contribution >= 0.6 is 0 Å². The second kappa shape index (κ2) is 16.9. The first-order chi connectivity index (χ1) is 14.6. The molecule has 0 saturated heterocycles. The number of hydrogen-bond acceptors (Lipinski definition) is 4. The monoisotopic (exact) mass is 418 g/mol. The van der Waals surface area contributed by atoms with Crippen LogP contribution in [0.15, 0.2) is 24.3 Å². The molecule has 0 atom stereocenters. The Morgan fingerprint density at radius 3 is 1.77 bits per heavy atom. The lowest BCUT2D eigenvalue weighted by molar-refractivity contribution is -0.162. The smallest absolute Gasteiger partial charge is 0.422 e. The first kappa shape index (κ1) is 26.2. The number of para-hydroxylation sites is 1. The Labute approximate surface area is 183 Å². The van der Waals surface area contributed by atoms with E-state index in [1.54, 1.807) is 12.1 Å². The average Bonchev–Trinajstić information content (AvgIpc) is 2.74. The Morgan fingerprint density at radius 1 is 0.733 bits per heavy atom. The molecule has 1 aromatic carbocycles. The number of benzene rings is 1. The van der Waals surface area contributed by atoms with Crippen LogP contribution in [0.1, 0.15) is 116 Å². The van der Waals surface area contributed by atoms with E-state index in [4.69, 9.17) is 9.47 Å². The van der Waals surface area contributed by atoms with E-state index in [0.29, 0.717) is 5.75 Å². The predicted molar refractivity (Wildman–Crippen MR) is 123 cm³/mol. The number of unbranched alkanes of at least 4 members (excludes halogenated alkanes) is 12. The number of ether oxygens (including phenoxy) is 2. The molecule has 1 rings (SSSR count). The van der Waals surface area contributed by atoms with E-state index in [-0.39, 0.29) is 12.5 Å². The first-order valence-electron chi connectivity index (χ1n) is 12.0. The summed E-state index contributed by atoms with van der Waals surface area (Å²) in [6.45, 7) is 6.56. The van der Waals surface area contributed by atoms with E-state index in [9.17, 15) is 9.59 Å². The fraction of sp³-hybridized carbons (Fsp3) is 0.692. The highest BCUT2D eigenvalue weighted by molar-refractivity contribution is 6.30. The highest BCUT2D eigenvalue weighted by Crippen LogP contribution is 2.26. The molecular formula is C26H42O4. The second-order valence-corrected chi connectivity index (χ2v) is 8.46. The SMILES string of the molecule is CCCCCCCCCCCCCCCOC(=O)C(=O)Oc1ccccc1C(C)C. The fourth-order valence-corrected chi connectivity index (χ4v) is 3.54. The zero-order chi connectivity index (χ0) is 22.0. The fourth-order valence-electron chi connectivity index (χ4n) is 3.54. The third-order valence-corrected chi connectivity index (χ3v) is 5.39. The molecule has 0 aliphatic carbocycles. The molecule has 170 valence electrons. The Morgan fingerprint density at radius 2 is 1.23 bits per heavy atom. The third-order valence-electron chi connectivity index (χ3n) is 5.39. The molecule has 0 spiro atoms. The summed E-state index contributed by atoms with van der Waals surface area (Å²) < 4.78 is 10.3. The van der Waals surface area contributed by atoms with Gasteiger partial charge in [-0.1, -0.05) is 116 Å². The van der Waals surface area contributed by atoms with Gasteiger partial charge in [0.2, 0.25) is 0 Å². The van der Waals surface area contributed by atoms with Crippen LogP contribution < -0.4 is 4.74 Å². The summed E-state index contributed by atoms with van der Waals surface area (Å²) in [7, 11) is 0. The zero-order valence-corrected chi connectivity index (χ0v) is 19.4.